The molecule has 22 heavy (non-hydrogen) atoms. The third-order valence-corrected chi connectivity index (χ3v) is 4.58. The fourth-order valence-corrected chi connectivity index (χ4v) is 3.48. The highest BCUT2D eigenvalue weighted by molar-refractivity contribution is 5.85. The Hall–Kier alpha value is -2.13. The van der Waals surface area contributed by atoms with Crippen LogP contribution in [0.1, 0.15) is 28.3 Å². The van der Waals surface area contributed by atoms with Crippen LogP contribution in [0.5, 0.6) is 0 Å². The maximum absolute atomic E-state index is 4.57. The van der Waals surface area contributed by atoms with Crippen LogP contribution in [0.3, 0.4) is 0 Å². The van der Waals surface area contributed by atoms with Crippen molar-refractivity contribution in [1.29, 1.82) is 0 Å². The summed E-state index contributed by atoms with van der Waals surface area (Å²) in [6.07, 6.45) is 0. The summed E-state index contributed by atoms with van der Waals surface area (Å²) in [5.41, 5.74) is 5.55. The number of aryl methyl sites for hydroxylation is 1. The molecule has 1 unspecified atom stereocenters. The summed E-state index contributed by atoms with van der Waals surface area (Å²) in [6, 6.07) is 18.1. The van der Waals surface area contributed by atoms with E-state index in [4.69, 9.17) is 0 Å². The first-order valence-corrected chi connectivity index (χ1v) is 7.97. The largest absolute Gasteiger partial charge is 0.371 e. The van der Waals surface area contributed by atoms with Gasteiger partial charge in [-0.05, 0) is 23.6 Å². The standard InChI is InChI=1S/C19H21N3/c1-14-6-8-15(9-7-14)19-17-5-3-2-4-16(17)12-22(19)13-18-20-10-11-21-18/h2-9,19H,10-13H2,1H3,(H,20,21). The molecule has 3 nitrogen and oxygen atoms in total. The third-order valence-electron chi connectivity index (χ3n) is 4.58. The van der Waals surface area contributed by atoms with E-state index in [1.807, 2.05) is 0 Å². The van der Waals surface area contributed by atoms with E-state index in [-0.39, 0.29) is 0 Å². The maximum Gasteiger partial charge on any atom is 0.111 e. The third kappa shape index (κ3) is 2.42. The Kier molecular flexibility index (Phi) is 3.43. The average Bonchev–Trinajstić information content (AvgIpc) is 3.16. The van der Waals surface area contributed by atoms with E-state index >= 15 is 0 Å². The SMILES string of the molecule is Cc1ccc(C2c3ccccc3CN2CC2=NCCN2)cc1. The zero-order chi connectivity index (χ0) is 14.9. The molecule has 0 amide bonds. The number of nitrogens with one attached hydrogen (secondary N) is 1. The molecule has 0 aliphatic carbocycles. The molecular formula is C19H21N3. The Morgan fingerprint density at radius 3 is 2.73 bits per heavy atom. The van der Waals surface area contributed by atoms with Crippen molar-refractivity contribution in [1.82, 2.24) is 10.2 Å². The van der Waals surface area contributed by atoms with Gasteiger partial charge in [-0.1, -0.05) is 54.1 Å². The first kappa shape index (κ1) is 13.5. The molecule has 2 aromatic rings. The molecule has 0 aromatic heterocycles. The summed E-state index contributed by atoms with van der Waals surface area (Å²) in [6.45, 7) is 5.92. The Morgan fingerprint density at radius 1 is 1.14 bits per heavy atom. The van der Waals surface area contributed by atoms with E-state index < -0.39 is 0 Å². The van der Waals surface area contributed by atoms with Crippen LogP contribution < -0.4 is 5.32 Å². The quantitative estimate of drug-likeness (QED) is 0.941. The lowest BCUT2D eigenvalue weighted by Gasteiger charge is -2.25. The molecule has 112 valence electrons. The van der Waals surface area contributed by atoms with Gasteiger partial charge in [-0.2, -0.15) is 0 Å². The average molecular weight is 291 g/mol. The highest BCUT2D eigenvalue weighted by atomic mass is 15.2. The van der Waals surface area contributed by atoms with Crippen LogP contribution in [0.4, 0.5) is 0 Å². The number of hydrogen-bond donors (Lipinski definition) is 1. The minimum absolute atomic E-state index is 0.335. The number of nitrogens with zero attached hydrogens (tertiary/aromatic N) is 2. The summed E-state index contributed by atoms with van der Waals surface area (Å²) < 4.78 is 0. The van der Waals surface area contributed by atoms with Gasteiger partial charge in [0.15, 0.2) is 0 Å². The molecule has 1 atom stereocenters. The van der Waals surface area contributed by atoms with Gasteiger partial charge in [-0.3, -0.25) is 9.89 Å². The van der Waals surface area contributed by atoms with E-state index in [9.17, 15) is 0 Å². The fourth-order valence-electron chi connectivity index (χ4n) is 3.48. The van der Waals surface area contributed by atoms with Gasteiger partial charge in [0.25, 0.3) is 0 Å². The van der Waals surface area contributed by atoms with E-state index in [1.165, 1.54) is 22.3 Å². The van der Waals surface area contributed by atoms with Crippen LogP contribution in [0.25, 0.3) is 0 Å². The topological polar surface area (TPSA) is 27.6 Å². The molecule has 2 aliphatic rings. The highest BCUT2D eigenvalue weighted by Gasteiger charge is 2.31. The molecule has 0 saturated heterocycles. The summed E-state index contributed by atoms with van der Waals surface area (Å²) >= 11 is 0. The van der Waals surface area contributed by atoms with Gasteiger partial charge in [-0.15, -0.1) is 0 Å². The Labute approximate surface area is 131 Å². The van der Waals surface area contributed by atoms with Gasteiger partial charge in [-0.25, -0.2) is 0 Å². The highest BCUT2D eigenvalue weighted by Crippen LogP contribution is 2.38. The second-order valence-electron chi connectivity index (χ2n) is 6.17. The van der Waals surface area contributed by atoms with Crippen molar-refractivity contribution in [2.75, 3.05) is 19.6 Å². The summed E-state index contributed by atoms with van der Waals surface area (Å²) in [7, 11) is 0. The summed E-state index contributed by atoms with van der Waals surface area (Å²) in [5.74, 6) is 1.13. The van der Waals surface area contributed by atoms with Crippen LogP contribution in [-0.2, 0) is 6.54 Å². The van der Waals surface area contributed by atoms with Gasteiger partial charge < -0.3 is 5.32 Å². The van der Waals surface area contributed by atoms with E-state index in [2.05, 4.69) is 70.7 Å². The zero-order valence-electron chi connectivity index (χ0n) is 12.9. The molecule has 0 spiro atoms. The Balaban J connectivity index is 1.70. The monoisotopic (exact) mass is 291 g/mol. The van der Waals surface area contributed by atoms with Crippen molar-refractivity contribution < 1.29 is 0 Å². The predicted molar refractivity (Wildman–Crippen MR) is 90.2 cm³/mol. The Morgan fingerprint density at radius 2 is 1.95 bits per heavy atom. The molecule has 0 fully saturated rings. The minimum atomic E-state index is 0.335. The first-order chi connectivity index (χ1) is 10.8. The van der Waals surface area contributed by atoms with E-state index in [0.29, 0.717) is 6.04 Å². The van der Waals surface area contributed by atoms with Gasteiger partial charge >= 0.3 is 0 Å². The Bertz CT molecular complexity index is 703. The molecule has 0 radical (unpaired) electrons. The molecule has 2 heterocycles. The second kappa shape index (κ2) is 5.58. The number of aliphatic imine (C=N–C) groups is 1. The molecule has 4 rings (SSSR count). The van der Waals surface area contributed by atoms with Crippen LogP contribution in [0, 0.1) is 6.92 Å². The lowest BCUT2D eigenvalue weighted by molar-refractivity contribution is 0.279. The van der Waals surface area contributed by atoms with Crippen LogP contribution in [0.15, 0.2) is 53.5 Å². The number of hydrogen-bond acceptors (Lipinski definition) is 3. The van der Waals surface area contributed by atoms with E-state index in [1.54, 1.807) is 0 Å². The van der Waals surface area contributed by atoms with Gasteiger partial charge in [0, 0.05) is 13.1 Å². The summed E-state index contributed by atoms with van der Waals surface area (Å²) in [5, 5.41) is 3.40. The summed E-state index contributed by atoms with van der Waals surface area (Å²) in [4.78, 5) is 7.09. The van der Waals surface area contributed by atoms with Crippen molar-refractivity contribution in [2.24, 2.45) is 4.99 Å². The molecule has 1 N–H and O–H groups in total. The van der Waals surface area contributed by atoms with Crippen molar-refractivity contribution in [3.63, 3.8) is 0 Å². The van der Waals surface area contributed by atoms with Crippen LogP contribution in [-0.4, -0.2) is 30.4 Å². The molecule has 2 aliphatic heterocycles. The first-order valence-electron chi connectivity index (χ1n) is 7.97. The maximum atomic E-state index is 4.57. The molecule has 3 heteroatoms. The van der Waals surface area contributed by atoms with Gasteiger partial charge in [0.1, 0.15) is 5.84 Å². The van der Waals surface area contributed by atoms with E-state index in [0.717, 1.165) is 32.0 Å². The number of fused-ring (bicyclic) bond motifs is 1. The predicted octanol–water partition coefficient (Wildman–Crippen LogP) is 2.90. The van der Waals surface area contributed by atoms with Gasteiger partial charge in [0.2, 0.25) is 0 Å². The van der Waals surface area contributed by atoms with Gasteiger partial charge in [0.05, 0.1) is 19.1 Å². The van der Waals surface area contributed by atoms with Crippen molar-refractivity contribution in [2.45, 2.75) is 19.5 Å². The number of benzene rings is 2. The van der Waals surface area contributed by atoms with Crippen LogP contribution in [0.2, 0.25) is 0 Å². The molecule has 2 aromatic carbocycles. The normalized spacial score (nSPS) is 20.6. The molecule has 0 saturated carbocycles. The number of rotatable bonds is 3. The van der Waals surface area contributed by atoms with Crippen LogP contribution >= 0.6 is 0 Å². The molecule has 0 bridgehead atoms. The van der Waals surface area contributed by atoms with Crippen molar-refractivity contribution in [3.05, 3.63) is 70.8 Å². The smallest absolute Gasteiger partial charge is 0.111 e. The lowest BCUT2D eigenvalue weighted by Crippen LogP contribution is -2.34. The van der Waals surface area contributed by atoms with Crippen molar-refractivity contribution >= 4 is 5.84 Å². The minimum Gasteiger partial charge on any atom is -0.371 e. The zero-order valence-corrected chi connectivity index (χ0v) is 12.9. The van der Waals surface area contributed by atoms with Crippen molar-refractivity contribution in [3.8, 4) is 0 Å². The lowest BCUT2D eigenvalue weighted by atomic mass is 9.97. The fraction of sp³-hybridized carbons (Fsp3) is 0.316. The second-order valence-corrected chi connectivity index (χ2v) is 6.17. The number of amidine groups is 1. The molecular weight excluding hydrogens is 270 g/mol.